The number of benzene rings is 2. The smallest absolute Gasteiger partial charge is 0.270 e. The molecule has 2 amide bonds. The molecule has 0 radical (unpaired) electrons. The molecule has 1 heterocycles. The van der Waals surface area contributed by atoms with Crippen molar-refractivity contribution in [1.29, 1.82) is 0 Å². The van der Waals surface area contributed by atoms with Crippen molar-refractivity contribution in [2.24, 2.45) is 0 Å². The third-order valence-corrected chi connectivity index (χ3v) is 7.06. The van der Waals surface area contributed by atoms with E-state index in [1.54, 1.807) is 12.1 Å². The maximum atomic E-state index is 13.2. The highest BCUT2D eigenvalue weighted by atomic mass is 79.9. The minimum atomic E-state index is -0.602. The van der Waals surface area contributed by atoms with Gasteiger partial charge in [0.15, 0.2) is 16.6 Å². The number of carbonyl (C=O) groups is 2. The normalized spacial score (nSPS) is 15.7. The molecule has 1 aliphatic rings. The van der Waals surface area contributed by atoms with Crippen molar-refractivity contribution in [1.82, 2.24) is 5.32 Å². The van der Waals surface area contributed by atoms with Crippen molar-refractivity contribution in [2.75, 3.05) is 12.0 Å². The Hall–Kier alpha value is -2.23. The third kappa shape index (κ3) is 4.14. The van der Waals surface area contributed by atoms with Crippen LogP contribution in [-0.4, -0.2) is 29.1 Å². The number of phenolic OH excluding ortho intramolecular Hbond substituents is 1. The quantitative estimate of drug-likeness (QED) is 0.320. The van der Waals surface area contributed by atoms with Gasteiger partial charge in [-0.3, -0.25) is 19.8 Å². The van der Waals surface area contributed by atoms with Crippen LogP contribution in [0.1, 0.15) is 30.9 Å². The van der Waals surface area contributed by atoms with Gasteiger partial charge in [-0.15, -0.1) is 0 Å². The van der Waals surface area contributed by atoms with Gasteiger partial charge in [0.2, 0.25) is 0 Å². The largest absolute Gasteiger partial charge is 0.503 e. The second-order valence-corrected chi connectivity index (χ2v) is 8.82. The Bertz CT molecular complexity index is 1080. The summed E-state index contributed by atoms with van der Waals surface area (Å²) in [5.41, 5.74) is 2.05. The van der Waals surface area contributed by atoms with Crippen LogP contribution in [0.5, 0.6) is 11.5 Å². The predicted octanol–water partition coefficient (Wildman–Crippen LogP) is 4.88. The fraction of sp³-hybridized carbons (Fsp3) is 0.190. The molecule has 0 saturated carbocycles. The summed E-state index contributed by atoms with van der Waals surface area (Å²) in [6.45, 7) is 4.16. The number of hydrogen-bond acceptors (Lipinski definition) is 5. The molecule has 2 aromatic carbocycles. The standard InChI is InChI=1S/C21H18Br2N2O4S/c1-10(2)11-4-6-13(7-5-11)25-20(28)14(19(27)24-21(25)30)8-12-9-15(29-3)18(26)17(23)16(12)22/h4-10,26H,1-3H3,(H,24,27,30)/b14-8+. The van der Waals surface area contributed by atoms with Crippen molar-refractivity contribution in [3.8, 4) is 11.5 Å². The lowest BCUT2D eigenvalue weighted by Crippen LogP contribution is -2.54. The summed E-state index contributed by atoms with van der Waals surface area (Å²) in [5, 5.41) is 12.7. The molecule has 6 nitrogen and oxygen atoms in total. The van der Waals surface area contributed by atoms with Crippen LogP contribution in [0.4, 0.5) is 5.69 Å². The van der Waals surface area contributed by atoms with Gasteiger partial charge in [-0.1, -0.05) is 26.0 Å². The number of ether oxygens (including phenoxy) is 1. The van der Waals surface area contributed by atoms with Crippen molar-refractivity contribution >= 4 is 72.8 Å². The summed E-state index contributed by atoms with van der Waals surface area (Å²) in [4.78, 5) is 27.0. The number of aromatic hydroxyl groups is 1. The van der Waals surface area contributed by atoms with Gasteiger partial charge >= 0.3 is 0 Å². The van der Waals surface area contributed by atoms with E-state index in [0.29, 0.717) is 26.1 Å². The molecule has 9 heteroatoms. The molecule has 2 N–H and O–H groups in total. The summed E-state index contributed by atoms with van der Waals surface area (Å²) in [7, 11) is 1.41. The summed E-state index contributed by atoms with van der Waals surface area (Å²) >= 11 is 11.9. The van der Waals surface area contributed by atoms with E-state index < -0.39 is 11.8 Å². The Balaban J connectivity index is 2.06. The number of nitrogens with one attached hydrogen (secondary N) is 1. The maximum Gasteiger partial charge on any atom is 0.270 e. The third-order valence-electron chi connectivity index (χ3n) is 4.61. The molecule has 3 rings (SSSR count). The highest BCUT2D eigenvalue weighted by Gasteiger charge is 2.34. The Morgan fingerprint density at radius 2 is 1.80 bits per heavy atom. The lowest BCUT2D eigenvalue weighted by Gasteiger charge is -2.29. The van der Waals surface area contributed by atoms with Crippen LogP contribution < -0.4 is 15.0 Å². The summed E-state index contributed by atoms with van der Waals surface area (Å²) < 4.78 is 5.96. The highest BCUT2D eigenvalue weighted by molar-refractivity contribution is 9.13. The van der Waals surface area contributed by atoms with Gasteiger partial charge in [-0.05, 0) is 85.4 Å². The van der Waals surface area contributed by atoms with E-state index in [1.807, 2.05) is 12.1 Å². The molecular weight excluding hydrogens is 536 g/mol. The topological polar surface area (TPSA) is 78.9 Å². The molecular formula is C21H18Br2N2O4S. The van der Waals surface area contributed by atoms with Crippen molar-refractivity contribution in [2.45, 2.75) is 19.8 Å². The number of methoxy groups -OCH3 is 1. The number of hydrogen-bond donors (Lipinski definition) is 2. The molecule has 0 bridgehead atoms. The van der Waals surface area contributed by atoms with E-state index in [2.05, 4.69) is 51.0 Å². The van der Waals surface area contributed by atoms with E-state index in [4.69, 9.17) is 17.0 Å². The first-order chi connectivity index (χ1) is 14.1. The SMILES string of the molecule is COc1cc(/C=C2\C(=O)NC(=S)N(c3ccc(C(C)C)cc3)C2=O)c(Br)c(Br)c1O. The minimum Gasteiger partial charge on any atom is -0.503 e. The van der Waals surface area contributed by atoms with E-state index in [1.165, 1.54) is 24.2 Å². The molecule has 0 aromatic heterocycles. The molecule has 0 unspecified atom stereocenters. The Morgan fingerprint density at radius 3 is 2.37 bits per heavy atom. The average Bonchev–Trinajstić information content (AvgIpc) is 2.71. The van der Waals surface area contributed by atoms with Crippen LogP contribution in [0.15, 0.2) is 44.9 Å². The fourth-order valence-electron chi connectivity index (χ4n) is 2.93. The molecule has 0 aliphatic carbocycles. The van der Waals surface area contributed by atoms with Gasteiger partial charge in [0.25, 0.3) is 11.8 Å². The molecule has 1 fully saturated rings. The number of amides is 2. The van der Waals surface area contributed by atoms with Gasteiger partial charge in [-0.25, -0.2) is 0 Å². The van der Waals surface area contributed by atoms with Crippen molar-refractivity contribution in [3.63, 3.8) is 0 Å². The fourth-order valence-corrected chi connectivity index (χ4v) is 4.05. The monoisotopic (exact) mass is 552 g/mol. The molecule has 30 heavy (non-hydrogen) atoms. The summed E-state index contributed by atoms with van der Waals surface area (Å²) in [6.07, 6.45) is 1.42. The van der Waals surface area contributed by atoms with E-state index >= 15 is 0 Å². The van der Waals surface area contributed by atoms with Crippen LogP contribution in [0, 0.1) is 0 Å². The zero-order valence-electron chi connectivity index (χ0n) is 16.3. The van der Waals surface area contributed by atoms with Gasteiger partial charge < -0.3 is 9.84 Å². The second kappa shape index (κ2) is 8.87. The Labute approximate surface area is 196 Å². The lowest BCUT2D eigenvalue weighted by molar-refractivity contribution is -0.122. The van der Waals surface area contributed by atoms with Crippen LogP contribution in [0.3, 0.4) is 0 Å². The van der Waals surface area contributed by atoms with Crippen LogP contribution in [-0.2, 0) is 9.59 Å². The van der Waals surface area contributed by atoms with Crippen molar-refractivity contribution < 1.29 is 19.4 Å². The number of phenols is 1. The number of rotatable bonds is 4. The lowest BCUT2D eigenvalue weighted by atomic mass is 10.0. The maximum absolute atomic E-state index is 13.2. The van der Waals surface area contributed by atoms with Crippen LogP contribution in [0.25, 0.3) is 6.08 Å². The van der Waals surface area contributed by atoms with Gasteiger partial charge in [0.05, 0.1) is 17.3 Å². The predicted molar refractivity (Wildman–Crippen MR) is 127 cm³/mol. The second-order valence-electron chi connectivity index (χ2n) is 6.85. The summed E-state index contributed by atoms with van der Waals surface area (Å²) in [5.74, 6) is -0.707. The molecule has 1 aliphatic heterocycles. The number of nitrogens with zero attached hydrogens (tertiary/aromatic N) is 1. The first-order valence-corrected chi connectivity index (χ1v) is 10.9. The number of anilines is 1. The zero-order valence-corrected chi connectivity index (χ0v) is 20.3. The van der Waals surface area contributed by atoms with Gasteiger partial charge in [0, 0.05) is 4.47 Å². The van der Waals surface area contributed by atoms with Gasteiger partial charge in [-0.2, -0.15) is 0 Å². The van der Waals surface area contributed by atoms with E-state index in [9.17, 15) is 14.7 Å². The molecule has 0 atom stereocenters. The molecule has 2 aromatic rings. The first-order valence-electron chi connectivity index (χ1n) is 8.92. The minimum absolute atomic E-state index is 0.0166. The molecule has 156 valence electrons. The van der Waals surface area contributed by atoms with Gasteiger partial charge in [0.1, 0.15) is 5.57 Å². The number of thiocarbonyl (C=S) groups is 1. The first kappa shape index (κ1) is 22.5. The number of halogens is 2. The molecule has 0 spiro atoms. The van der Waals surface area contributed by atoms with Crippen LogP contribution in [0.2, 0.25) is 0 Å². The molecule has 1 saturated heterocycles. The Morgan fingerprint density at radius 1 is 1.17 bits per heavy atom. The Kier molecular flexibility index (Phi) is 6.64. The highest BCUT2D eigenvalue weighted by Crippen LogP contribution is 2.42. The number of carbonyl (C=O) groups excluding carboxylic acids is 2. The van der Waals surface area contributed by atoms with Crippen molar-refractivity contribution in [3.05, 3.63) is 56.0 Å². The van der Waals surface area contributed by atoms with Crippen LogP contribution >= 0.6 is 44.1 Å². The summed E-state index contributed by atoms with van der Waals surface area (Å²) in [6, 6.07) is 8.96. The zero-order chi connectivity index (χ0) is 22.2. The van der Waals surface area contributed by atoms with E-state index in [0.717, 1.165) is 5.56 Å². The average molecular weight is 554 g/mol. The van der Waals surface area contributed by atoms with E-state index in [-0.39, 0.29) is 22.2 Å².